The first kappa shape index (κ1) is 13.1. The Bertz CT molecular complexity index is 557. The standard InChI is InChI=1S/C12H14ClN5O2/c13-10-15-11(14-7-9-1-4-20-8-9)17-12(16-10)18-2-5-19-6-3-18/h1,4,8H,2-3,5-7H2,(H,14,15,16,17). The Morgan fingerprint density at radius 2 is 2.10 bits per heavy atom. The molecule has 1 aliphatic heterocycles. The van der Waals surface area contributed by atoms with Crippen molar-refractivity contribution in [3.63, 3.8) is 0 Å². The predicted molar refractivity (Wildman–Crippen MR) is 73.9 cm³/mol. The summed E-state index contributed by atoms with van der Waals surface area (Å²) in [6.07, 6.45) is 3.29. The Labute approximate surface area is 120 Å². The molecule has 0 amide bonds. The lowest BCUT2D eigenvalue weighted by molar-refractivity contribution is 0.122. The van der Waals surface area contributed by atoms with Crippen molar-refractivity contribution in [2.45, 2.75) is 6.54 Å². The van der Waals surface area contributed by atoms with Crippen LogP contribution >= 0.6 is 11.6 Å². The van der Waals surface area contributed by atoms with Crippen molar-refractivity contribution in [2.75, 3.05) is 36.5 Å². The van der Waals surface area contributed by atoms with Crippen LogP contribution in [0, 0.1) is 0 Å². The highest BCUT2D eigenvalue weighted by Crippen LogP contribution is 2.15. The van der Waals surface area contributed by atoms with Gasteiger partial charge in [0.25, 0.3) is 0 Å². The topological polar surface area (TPSA) is 76.3 Å². The molecule has 0 atom stereocenters. The van der Waals surface area contributed by atoms with Gasteiger partial charge in [0.05, 0.1) is 25.7 Å². The maximum absolute atomic E-state index is 5.95. The molecule has 2 aromatic heterocycles. The fourth-order valence-corrected chi connectivity index (χ4v) is 2.05. The van der Waals surface area contributed by atoms with Crippen LogP contribution in [0.25, 0.3) is 0 Å². The molecule has 0 spiro atoms. The number of hydrogen-bond acceptors (Lipinski definition) is 7. The average Bonchev–Trinajstić information content (AvgIpc) is 2.99. The molecule has 1 saturated heterocycles. The lowest BCUT2D eigenvalue weighted by Gasteiger charge is -2.26. The van der Waals surface area contributed by atoms with Gasteiger partial charge < -0.3 is 19.4 Å². The molecule has 1 aliphatic rings. The molecule has 1 fully saturated rings. The van der Waals surface area contributed by atoms with E-state index in [2.05, 4.69) is 20.3 Å². The number of anilines is 2. The van der Waals surface area contributed by atoms with Gasteiger partial charge in [-0.25, -0.2) is 0 Å². The maximum atomic E-state index is 5.95. The molecule has 0 aliphatic carbocycles. The van der Waals surface area contributed by atoms with Crippen LogP contribution in [0.2, 0.25) is 5.28 Å². The van der Waals surface area contributed by atoms with Gasteiger partial charge in [-0.1, -0.05) is 0 Å². The third-order valence-electron chi connectivity index (χ3n) is 2.92. The highest BCUT2D eigenvalue weighted by Gasteiger charge is 2.16. The third kappa shape index (κ3) is 3.17. The van der Waals surface area contributed by atoms with E-state index in [1.54, 1.807) is 12.5 Å². The number of nitrogens with one attached hydrogen (secondary N) is 1. The summed E-state index contributed by atoms with van der Waals surface area (Å²) in [5.74, 6) is 1.02. The second-order valence-corrected chi connectivity index (χ2v) is 4.65. The molecule has 0 bridgehead atoms. The van der Waals surface area contributed by atoms with Crippen LogP contribution in [0.4, 0.5) is 11.9 Å². The van der Waals surface area contributed by atoms with Gasteiger partial charge in [-0.3, -0.25) is 0 Å². The molecule has 7 nitrogen and oxygen atoms in total. The number of morpholine rings is 1. The Kier molecular flexibility index (Phi) is 3.98. The molecule has 0 saturated carbocycles. The normalized spacial score (nSPS) is 15.3. The van der Waals surface area contributed by atoms with Crippen molar-refractivity contribution < 1.29 is 9.15 Å². The molecular formula is C12H14ClN5O2. The van der Waals surface area contributed by atoms with Crippen molar-refractivity contribution in [1.82, 2.24) is 15.0 Å². The Morgan fingerprint density at radius 3 is 2.85 bits per heavy atom. The molecule has 20 heavy (non-hydrogen) atoms. The van der Waals surface area contributed by atoms with E-state index >= 15 is 0 Å². The largest absolute Gasteiger partial charge is 0.472 e. The van der Waals surface area contributed by atoms with E-state index in [-0.39, 0.29) is 5.28 Å². The van der Waals surface area contributed by atoms with Crippen molar-refractivity contribution in [3.05, 3.63) is 29.4 Å². The van der Waals surface area contributed by atoms with Gasteiger partial charge in [0.1, 0.15) is 0 Å². The molecule has 2 aromatic rings. The summed E-state index contributed by atoms with van der Waals surface area (Å²) in [5, 5.41) is 3.28. The molecule has 0 radical (unpaired) electrons. The van der Waals surface area contributed by atoms with E-state index in [1.165, 1.54) is 0 Å². The number of ether oxygens (including phenoxy) is 1. The number of hydrogen-bond donors (Lipinski definition) is 1. The lowest BCUT2D eigenvalue weighted by atomic mass is 10.3. The van der Waals surface area contributed by atoms with Crippen molar-refractivity contribution in [2.24, 2.45) is 0 Å². The highest BCUT2D eigenvalue weighted by molar-refractivity contribution is 6.28. The molecule has 8 heteroatoms. The zero-order chi connectivity index (χ0) is 13.8. The van der Waals surface area contributed by atoms with Crippen molar-refractivity contribution >= 4 is 23.5 Å². The molecule has 106 valence electrons. The zero-order valence-electron chi connectivity index (χ0n) is 10.8. The Morgan fingerprint density at radius 1 is 1.25 bits per heavy atom. The summed E-state index contributed by atoms with van der Waals surface area (Å²) < 4.78 is 10.3. The van der Waals surface area contributed by atoms with Crippen LogP contribution in [0.5, 0.6) is 0 Å². The second-order valence-electron chi connectivity index (χ2n) is 4.31. The lowest BCUT2D eigenvalue weighted by Crippen LogP contribution is -2.37. The van der Waals surface area contributed by atoms with Crippen LogP contribution in [0.15, 0.2) is 23.0 Å². The van der Waals surface area contributed by atoms with E-state index in [9.17, 15) is 0 Å². The van der Waals surface area contributed by atoms with Crippen molar-refractivity contribution in [3.8, 4) is 0 Å². The predicted octanol–water partition coefficient (Wildman–Crippen LogP) is 1.57. The van der Waals surface area contributed by atoms with Gasteiger partial charge >= 0.3 is 0 Å². The minimum atomic E-state index is 0.177. The molecule has 0 unspecified atom stereocenters. The van der Waals surface area contributed by atoms with Crippen molar-refractivity contribution in [1.29, 1.82) is 0 Å². The number of rotatable bonds is 4. The van der Waals surface area contributed by atoms with Gasteiger partial charge in [-0.05, 0) is 17.7 Å². The molecular weight excluding hydrogens is 282 g/mol. The van der Waals surface area contributed by atoms with Gasteiger partial charge in [-0.2, -0.15) is 15.0 Å². The Hall–Kier alpha value is -1.86. The van der Waals surface area contributed by atoms with Crippen LogP contribution in [-0.2, 0) is 11.3 Å². The highest BCUT2D eigenvalue weighted by atomic mass is 35.5. The average molecular weight is 296 g/mol. The molecule has 3 heterocycles. The summed E-state index contributed by atoms with van der Waals surface area (Å²) in [4.78, 5) is 14.6. The summed E-state index contributed by atoms with van der Waals surface area (Å²) in [7, 11) is 0. The first-order valence-electron chi connectivity index (χ1n) is 6.30. The number of nitrogens with zero attached hydrogens (tertiary/aromatic N) is 4. The minimum absolute atomic E-state index is 0.177. The van der Waals surface area contributed by atoms with Crippen LogP contribution in [0.3, 0.4) is 0 Å². The number of aromatic nitrogens is 3. The number of furan rings is 1. The third-order valence-corrected chi connectivity index (χ3v) is 3.09. The van der Waals surface area contributed by atoms with Crippen LogP contribution in [-0.4, -0.2) is 41.3 Å². The van der Waals surface area contributed by atoms with E-state index in [4.69, 9.17) is 20.8 Å². The molecule has 1 N–H and O–H groups in total. The zero-order valence-corrected chi connectivity index (χ0v) is 11.5. The van der Waals surface area contributed by atoms with E-state index in [0.29, 0.717) is 31.7 Å². The minimum Gasteiger partial charge on any atom is -0.472 e. The second kappa shape index (κ2) is 6.06. The molecule has 0 aromatic carbocycles. The molecule has 3 rings (SSSR count). The summed E-state index contributed by atoms with van der Waals surface area (Å²) in [6.45, 7) is 3.41. The maximum Gasteiger partial charge on any atom is 0.231 e. The van der Waals surface area contributed by atoms with E-state index in [1.807, 2.05) is 11.0 Å². The van der Waals surface area contributed by atoms with Gasteiger partial charge in [0.15, 0.2) is 0 Å². The SMILES string of the molecule is Clc1nc(NCc2ccoc2)nc(N2CCOCC2)n1. The fraction of sp³-hybridized carbons (Fsp3) is 0.417. The van der Waals surface area contributed by atoms with Gasteiger partial charge in [0.2, 0.25) is 17.2 Å². The van der Waals surface area contributed by atoms with Crippen LogP contribution < -0.4 is 10.2 Å². The monoisotopic (exact) mass is 295 g/mol. The quantitative estimate of drug-likeness (QED) is 0.917. The number of halogens is 1. The smallest absolute Gasteiger partial charge is 0.231 e. The van der Waals surface area contributed by atoms with E-state index in [0.717, 1.165) is 18.7 Å². The van der Waals surface area contributed by atoms with Gasteiger partial charge in [0, 0.05) is 25.2 Å². The first-order valence-corrected chi connectivity index (χ1v) is 6.68. The van der Waals surface area contributed by atoms with Gasteiger partial charge in [-0.15, -0.1) is 0 Å². The first-order chi connectivity index (χ1) is 9.81. The summed E-state index contributed by atoms with van der Waals surface area (Å²) in [6, 6.07) is 1.87. The Balaban J connectivity index is 1.72. The summed E-state index contributed by atoms with van der Waals surface area (Å²) in [5.41, 5.74) is 1.01. The summed E-state index contributed by atoms with van der Waals surface area (Å²) >= 11 is 5.95. The van der Waals surface area contributed by atoms with E-state index < -0.39 is 0 Å². The van der Waals surface area contributed by atoms with Crippen LogP contribution in [0.1, 0.15) is 5.56 Å². The fourth-order valence-electron chi connectivity index (χ4n) is 1.90.